The molecule has 1 aromatic carbocycles. The summed E-state index contributed by atoms with van der Waals surface area (Å²) in [7, 11) is 3.90. The van der Waals surface area contributed by atoms with Gasteiger partial charge in [-0.05, 0) is 38.2 Å². The first kappa shape index (κ1) is 21.4. The molecule has 0 unspecified atom stereocenters. The van der Waals surface area contributed by atoms with Gasteiger partial charge in [-0.3, -0.25) is 9.58 Å². The monoisotopic (exact) mass is 448 g/mol. The minimum absolute atomic E-state index is 0.265. The van der Waals surface area contributed by atoms with E-state index in [9.17, 15) is 4.79 Å². The van der Waals surface area contributed by atoms with Gasteiger partial charge in [-0.25, -0.2) is 14.8 Å². The van der Waals surface area contributed by atoms with Crippen LogP contribution < -0.4 is 15.5 Å². The van der Waals surface area contributed by atoms with Crippen molar-refractivity contribution in [1.29, 1.82) is 0 Å². The fourth-order valence-electron chi connectivity index (χ4n) is 4.28. The molecule has 1 saturated heterocycles. The molecular formula is C23H28N8O2. The lowest BCUT2D eigenvalue weighted by atomic mass is 10.1. The van der Waals surface area contributed by atoms with Gasteiger partial charge < -0.3 is 20.3 Å². The van der Waals surface area contributed by atoms with Gasteiger partial charge >= 0.3 is 6.03 Å². The van der Waals surface area contributed by atoms with Crippen LogP contribution in [0.25, 0.3) is 11.4 Å². The number of hydrogen-bond donors (Lipinski definition) is 2. The van der Waals surface area contributed by atoms with Crippen LogP contribution in [0.2, 0.25) is 0 Å². The zero-order chi connectivity index (χ0) is 22.9. The van der Waals surface area contributed by atoms with Gasteiger partial charge in [0.1, 0.15) is 5.82 Å². The van der Waals surface area contributed by atoms with Crippen LogP contribution >= 0.6 is 0 Å². The number of benzene rings is 1. The van der Waals surface area contributed by atoms with E-state index in [2.05, 4.69) is 39.5 Å². The van der Waals surface area contributed by atoms with Crippen molar-refractivity contribution >= 4 is 23.2 Å². The molecule has 0 saturated carbocycles. The van der Waals surface area contributed by atoms with Gasteiger partial charge in [-0.1, -0.05) is 0 Å². The maximum atomic E-state index is 12.3. The van der Waals surface area contributed by atoms with E-state index in [1.54, 1.807) is 24.1 Å². The van der Waals surface area contributed by atoms with Crippen molar-refractivity contribution in [1.82, 2.24) is 24.6 Å². The molecule has 1 fully saturated rings. The lowest BCUT2D eigenvalue weighted by Crippen LogP contribution is -2.44. The standard InChI is InChI=1S/C23H28N8O2/c1-15-14-33-9-8-31(15)22-19-12-29(2)13-20(19)27-21(28-22)16-4-6-17(7-5-16)25-23(32)26-18-10-24-30(3)11-18/h4-7,10-11,15H,8-9,12-14H2,1-3H3,(H2,25,26,32)/t15-/m0/s1. The molecule has 5 rings (SSSR count). The van der Waals surface area contributed by atoms with Gasteiger partial charge in [-0.2, -0.15) is 5.10 Å². The second kappa shape index (κ2) is 8.80. The number of rotatable bonds is 4. The van der Waals surface area contributed by atoms with Crippen LogP contribution in [0.5, 0.6) is 0 Å². The van der Waals surface area contributed by atoms with Crippen LogP contribution in [-0.2, 0) is 24.9 Å². The fraction of sp³-hybridized carbons (Fsp3) is 0.391. The SMILES string of the molecule is C[C@H]1COCCN1c1nc(-c2ccc(NC(=O)Nc3cnn(C)c3)cc2)nc2c1CN(C)C2. The first-order chi connectivity index (χ1) is 16.0. The number of carbonyl (C=O) groups excluding carboxylic acids is 1. The third kappa shape index (κ3) is 4.53. The summed E-state index contributed by atoms with van der Waals surface area (Å²) in [6, 6.07) is 7.53. The normalized spacial score (nSPS) is 18.3. The Kier molecular flexibility index (Phi) is 5.69. The quantitative estimate of drug-likeness (QED) is 0.633. The molecule has 2 aliphatic heterocycles. The Balaban J connectivity index is 1.37. The van der Waals surface area contributed by atoms with Gasteiger partial charge in [0.25, 0.3) is 0 Å². The lowest BCUT2D eigenvalue weighted by Gasteiger charge is -2.35. The number of carbonyl (C=O) groups is 1. The van der Waals surface area contributed by atoms with Gasteiger partial charge in [0.15, 0.2) is 5.82 Å². The number of aryl methyl sites for hydroxylation is 1. The zero-order valence-corrected chi connectivity index (χ0v) is 19.1. The molecule has 33 heavy (non-hydrogen) atoms. The summed E-state index contributed by atoms with van der Waals surface area (Å²) in [5.74, 6) is 1.71. The molecule has 172 valence electrons. The number of hydrogen-bond acceptors (Lipinski definition) is 7. The van der Waals surface area contributed by atoms with E-state index in [1.165, 1.54) is 5.56 Å². The summed E-state index contributed by atoms with van der Waals surface area (Å²) >= 11 is 0. The largest absolute Gasteiger partial charge is 0.377 e. The Hall–Kier alpha value is -3.50. The zero-order valence-electron chi connectivity index (χ0n) is 19.1. The molecule has 4 heterocycles. The first-order valence-electron chi connectivity index (χ1n) is 11.1. The maximum Gasteiger partial charge on any atom is 0.323 e. The molecule has 10 heteroatoms. The highest BCUT2D eigenvalue weighted by molar-refractivity contribution is 5.99. The molecule has 3 aromatic rings. The summed E-state index contributed by atoms with van der Waals surface area (Å²) in [6.45, 7) is 6.06. The molecule has 2 N–H and O–H groups in total. The Morgan fingerprint density at radius 2 is 1.88 bits per heavy atom. The Morgan fingerprint density at radius 3 is 2.61 bits per heavy atom. The lowest BCUT2D eigenvalue weighted by molar-refractivity contribution is 0.0984. The Bertz CT molecular complexity index is 1160. The van der Waals surface area contributed by atoms with Crippen molar-refractivity contribution in [2.45, 2.75) is 26.1 Å². The van der Waals surface area contributed by atoms with E-state index in [-0.39, 0.29) is 12.1 Å². The predicted molar refractivity (Wildman–Crippen MR) is 126 cm³/mol. The molecule has 1 atom stereocenters. The van der Waals surface area contributed by atoms with Crippen molar-refractivity contribution < 1.29 is 9.53 Å². The van der Waals surface area contributed by atoms with E-state index < -0.39 is 0 Å². The van der Waals surface area contributed by atoms with Crippen molar-refractivity contribution in [3.63, 3.8) is 0 Å². The maximum absolute atomic E-state index is 12.3. The summed E-state index contributed by atoms with van der Waals surface area (Å²) < 4.78 is 7.26. The average molecular weight is 449 g/mol. The van der Waals surface area contributed by atoms with Crippen LogP contribution in [0, 0.1) is 0 Å². The van der Waals surface area contributed by atoms with Crippen molar-refractivity contribution in [2.24, 2.45) is 7.05 Å². The molecule has 0 spiro atoms. The highest BCUT2D eigenvalue weighted by Crippen LogP contribution is 2.33. The van der Waals surface area contributed by atoms with Gasteiger partial charge in [0, 0.05) is 49.7 Å². The Morgan fingerprint density at radius 1 is 1.09 bits per heavy atom. The molecule has 0 bridgehead atoms. The minimum Gasteiger partial charge on any atom is -0.377 e. The van der Waals surface area contributed by atoms with E-state index in [0.29, 0.717) is 30.4 Å². The molecule has 2 aliphatic rings. The number of ether oxygens (including phenoxy) is 1. The molecule has 0 aliphatic carbocycles. The number of amides is 2. The molecule has 2 amide bonds. The van der Waals surface area contributed by atoms with Crippen molar-refractivity contribution in [2.75, 3.05) is 42.3 Å². The first-order valence-corrected chi connectivity index (χ1v) is 11.1. The van der Waals surface area contributed by atoms with Crippen LogP contribution in [0.15, 0.2) is 36.7 Å². The number of urea groups is 1. The predicted octanol–water partition coefficient (Wildman–Crippen LogP) is 2.69. The minimum atomic E-state index is -0.323. The van der Waals surface area contributed by atoms with Crippen LogP contribution in [0.1, 0.15) is 18.2 Å². The van der Waals surface area contributed by atoms with E-state index in [4.69, 9.17) is 14.7 Å². The van der Waals surface area contributed by atoms with Crippen molar-refractivity contribution in [3.05, 3.63) is 47.9 Å². The summed E-state index contributed by atoms with van der Waals surface area (Å²) in [5, 5.41) is 9.64. The van der Waals surface area contributed by atoms with Gasteiger partial charge in [0.05, 0.1) is 36.8 Å². The number of nitrogens with one attached hydrogen (secondary N) is 2. The number of morpholine rings is 1. The second-order valence-electron chi connectivity index (χ2n) is 8.64. The van der Waals surface area contributed by atoms with E-state index in [1.807, 2.05) is 24.3 Å². The van der Waals surface area contributed by atoms with Crippen LogP contribution in [0.4, 0.5) is 22.0 Å². The van der Waals surface area contributed by atoms with Crippen LogP contribution in [-0.4, -0.2) is 63.5 Å². The van der Waals surface area contributed by atoms with Crippen molar-refractivity contribution in [3.8, 4) is 11.4 Å². The summed E-state index contributed by atoms with van der Waals surface area (Å²) in [4.78, 5) is 26.7. The smallest absolute Gasteiger partial charge is 0.323 e. The fourth-order valence-corrected chi connectivity index (χ4v) is 4.28. The molecule has 0 radical (unpaired) electrons. The number of fused-ring (bicyclic) bond motifs is 1. The molecule has 10 nitrogen and oxygen atoms in total. The number of nitrogens with zero attached hydrogens (tertiary/aromatic N) is 6. The topological polar surface area (TPSA) is 100 Å². The third-order valence-electron chi connectivity index (χ3n) is 5.92. The van der Waals surface area contributed by atoms with Gasteiger partial charge in [-0.15, -0.1) is 0 Å². The number of aromatic nitrogens is 4. The molecular weight excluding hydrogens is 420 g/mol. The third-order valence-corrected chi connectivity index (χ3v) is 5.92. The second-order valence-corrected chi connectivity index (χ2v) is 8.64. The average Bonchev–Trinajstić information content (AvgIpc) is 3.38. The van der Waals surface area contributed by atoms with Crippen LogP contribution in [0.3, 0.4) is 0 Å². The summed E-state index contributed by atoms with van der Waals surface area (Å²) in [6.07, 6.45) is 3.33. The van der Waals surface area contributed by atoms with E-state index in [0.717, 1.165) is 36.7 Å². The molecule has 2 aromatic heterocycles. The highest BCUT2D eigenvalue weighted by atomic mass is 16.5. The highest BCUT2D eigenvalue weighted by Gasteiger charge is 2.29. The Labute approximate surface area is 192 Å². The van der Waals surface area contributed by atoms with Gasteiger partial charge in [0.2, 0.25) is 0 Å². The van der Waals surface area contributed by atoms with E-state index >= 15 is 0 Å². The number of anilines is 3. The summed E-state index contributed by atoms with van der Waals surface area (Å²) in [5.41, 5.74) is 4.51.